The minimum atomic E-state index is -1.03. The highest BCUT2D eigenvalue weighted by Gasteiger charge is 2.29. The van der Waals surface area contributed by atoms with Crippen molar-refractivity contribution in [1.29, 1.82) is 0 Å². The number of thiocarbonyl (C=S) groups is 1. The summed E-state index contributed by atoms with van der Waals surface area (Å²) in [6.45, 7) is 1.72. The van der Waals surface area contributed by atoms with Gasteiger partial charge in [-0.05, 0) is 49.0 Å². The Labute approximate surface area is 187 Å². The molecule has 7 nitrogen and oxygen atoms in total. The molecule has 0 saturated carbocycles. The zero-order chi connectivity index (χ0) is 21.8. The van der Waals surface area contributed by atoms with Crippen LogP contribution in [-0.4, -0.2) is 28.3 Å². The molecule has 1 aliphatic rings. The first-order chi connectivity index (χ1) is 14.3. The van der Waals surface area contributed by atoms with Crippen molar-refractivity contribution < 1.29 is 14.7 Å². The molecule has 0 fully saturated rings. The van der Waals surface area contributed by atoms with E-state index in [4.69, 9.17) is 40.5 Å². The van der Waals surface area contributed by atoms with Crippen molar-refractivity contribution in [3.63, 3.8) is 0 Å². The van der Waals surface area contributed by atoms with Crippen LogP contribution in [-0.2, 0) is 4.79 Å². The summed E-state index contributed by atoms with van der Waals surface area (Å²) in [5, 5.41) is 20.3. The summed E-state index contributed by atoms with van der Waals surface area (Å²) < 4.78 is 0. The third kappa shape index (κ3) is 4.96. The standard InChI is InChI=1S/C20H16Cl2N4O3S/c1-10-16(18(27)26-23-9-13-6-7-14(21)8-15(13)22)17(25-20(30)24-10)11-2-4-12(5-3-11)19(28)29/h2-9,17H,1H3,(H,26,27)(H,28,29)(H2,24,25,30). The van der Waals surface area contributed by atoms with Gasteiger partial charge >= 0.3 is 5.97 Å². The topological polar surface area (TPSA) is 103 Å². The number of benzene rings is 2. The Balaban J connectivity index is 1.83. The number of nitrogens with zero attached hydrogens (tertiary/aromatic N) is 1. The average molecular weight is 463 g/mol. The summed E-state index contributed by atoms with van der Waals surface area (Å²) in [4.78, 5) is 23.9. The quantitative estimate of drug-likeness (QED) is 0.307. The van der Waals surface area contributed by atoms with E-state index < -0.39 is 17.9 Å². The second-order valence-corrected chi connectivity index (χ2v) is 7.61. The third-order valence-electron chi connectivity index (χ3n) is 4.34. The van der Waals surface area contributed by atoms with Gasteiger partial charge in [0.15, 0.2) is 5.11 Å². The molecule has 10 heteroatoms. The molecule has 3 rings (SSSR count). The average Bonchev–Trinajstić information content (AvgIpc) is 2.69. The predicted octanol–water partition coefficient (Wildman–Crippen LogP) is 3.63. The van der Waals surface area contributed by atoms with E-state index in [-0.39, 0.29) is 5.56 Å². The highest BCUT2D eigenvalue weighted by atomic mass is 35.5. The monoisotopic (exact) mass is 462 g/mol. The highest BCUT2D eigenvalue weighted by molar-refractivity contribution is 7.80. The molecule has 154 valence electrons. The molecule has 0 aliphatic carbocycles. The molecule has 1 amide bonds. The van der Waals surface area contributed by atoms with E-state index in [0.29, 0.717) is 37.6 Å². The number of carboxylic acids is 1. The van der Waals surface area contributed by atoms with Gasteiger partial charge in [0.25, 0.3) is 5.91 Å². The van der Waals surface area contributed by atoms with Crippen molar-refractivity contribution in [1.82, 2.24) is 16.1 Å². The number of carbonyl (C=O) groups is 2. The molecule has 30 heavy (non-hydrogen) atoms. The van der Waals surface area contributed by atoms with Gasteiger partial charge in [-0.25, -0.2) is 10.2 Å². The molecule has 1 atom stereocenters. The lowest BCUT2D eigenvalue weighted by molar-refractivity contribution is -0.117. The number of allylic oxidation sites excluding steroid dienone is 1. The summed E-state index contributed by atoms with van der Waals surface area (Å²) in [6, 6.07) is 10.5. The van der Waals surface area contributed by atoms with Crippen molar-refractivity contribution in [3.05, 3.63) is 80.5 Å². The number of carbonyl (C=O) groups excluding carboxylic acids is 1. The van der Waals surface area contributed by atoms with E-state index in [1.807, 2.05) is 0 Å². The first-order valence-corrected chi connectivity index (χ1v) is 9.82. The van der Waals surface area contributed by atoms with Crippen LogP contribution < -0.4 is 16.1 Å². The molecule has 0 radical (unpaired) electrons. The lowest BCUT2D eigenvalue weighted by atomic mass is 9.94. The van der Waals surface area contributed by atoms with Gasteiger partial charge in [-0.2, -0.15) is 5.10 Å². The van der Waals surface area contributed by atoms with Gasteiger partial charge in [0, 0.05) is 16.3 Å². The highest BCUT2D eigenvalue weighted by Crippen LogP contribution is 2.27. The number of hydrazone groups is 1. The number of halogens is 2. The fourth-order valence-corrected chi connectivity index (χ4v) is 3.62. The second-order valence-electron chi connectivity index (χ2n) is 6.36. The maximum Gasteiger partial charge on any atom is 0.335 e. The summed E-state index contributed by atoms with van der Waals surface area (Å²) in [5.74, 6) is -1.49. The van der Waals surface area contributed by atoms with Crippen molar-refractivity contribution in [2.24, 2.45) is 5.10 Å². The van der Waals surface area contributed by atoms with Gasteiger partial charge in [-0.1, -0.05) is 41.4 Å². The summed E-state index contributed by atoms with van der Waals surface area (Å²) in [6.07, 6.45) is 1.41. The van der Waals surface area contributed by atoms with Gasteiger partial charge in [-0.3, -0.25) is 4.79 Å². The molecule has 0 aromatic heterocycles. The zero-order valence-corrected chi connectivity index (χ0v) is 17.9. The molecule has 0 saturated heterocycles. The molecule has 1 unspecified atom stereocenters. The number of nitrogens with one attached hydrogen (secondary N) is 3. The van der Waals surface area contributed by atoms with Crippen LogP contribution in [0.1, 0.15) is 34.5 Å². The Morgan fingerprint density at radius 1 is 1.20 bits per heavy atom. The fraction of sp³-hybridized carbons (Fsp3) is 0.100. The van der Waals surface area contributed by atoms with E-state index in [0.717, 1.165) is 0 Å². The molecular formula is C20H16Cl2N4O3S. The molecule has 2 aromatic rings. The summed E-state index contributed by atoms with van der Waals surface area (Å²) in [5.41, 5.74) is 4.82. The second kappa shape index (κ2) is 9.25. The van der Waals surface area contributed by atoms with Gasteiger partial charge < -0.3 is 15.7 Å². The van der Waals surface area contributed by atoms with Gasteiger partial charge in [0.05, 0.1) is 28.4 Å². The predicted molar refractivity (Wildman–Crippen MR) is 120 cm³/mol. The SMILES string of the molecule is CC1=C(C(=O)NN=Cc2ccc(Cl)cc2Cl)C(c2ccc(C(=O)O)cc2)NC(=S)N1. The molecule has 0 spiro atoms. The van der Waals surface area contributed by atoms with Crippen LogP contribution in [0.2, 0.25) is 10.0 Å². The number of hydrogen-bond acceptors (Lipinski definition) is 4. The summed E-state index contributed by atoms with van der Waals surface area (Å²) in [7, 11) is 0. The minimum absolute atomic E-state index is 0.145. The van der Waals surface area contributed by atoms with Crippen LogP contribution in [0.5, 0.6) is 0 Å². The van der Waals surface area contributed by atoms with Crippen molar-refractivity contribution in [2.45, 2.75) is 13.0 Å². The number of amides is 1. The smallest absolute Gasteiger partial charge is 0.335 e. The number of carboxylic acid groups (broad SMARTS) is 1. The van der Waals surface area contributed by atoms with Gasteiger partial charge in [0.2, 0.25) is 0 Å². The van der Waals surface area contributed by atoms with E-state index in [2.05, 4.69) is 21.2 Å². The molecular weight excluding hydrogens is 447 g/mol. The maximum absolute atomic E-state index is 12.8. The van der Waals surface area contributed by atoms with Crippen LogP contribution in [0.3, 0.4) is 0 Å². The fourth-order valence-electron chi connectivity index (χ4n) is 2.89. The molecule has 4 N–H and O–H groups in total. The Bertz CT molecular complexity index is 1080. The number of hydrogen-bond donors (Lipinski definition) is 4. The zero-order valence-electron chi connectivity index (χ0n) is 15.6. The lowest BCUT2D eigenvalue weighted by Crippen LogP contribution is -2.46. The first kappa shape index (κ1) is 21.8. The Morgan fingerprint density at radius 3 is 2.53 bits per heavy atom. The molecule has 1 aliphatic heterocycles. The number of aromatic carboxylic acids is 1. The Kier molecular flexibility index (Phi) is 6.71. The maximum atomic E-state index is 12.8. The minimum Gasteiger partial charge on any atom is -0.478 e. The largest absolute Gasteiger partial charge is 0.478 e. The Hall–Kier alpha value is -2.94. The summed E-state index contributed by atoms with van der Waals surface area (Å²) >= 11 is 17.2. The molecule has 0 bridgehead atoms. The van der Waals surface area contributed by atoms with E-state index >= 15 is 0 Å². The van der Waals surface area contributed by atoms with Crippen LogP contribution in [0.4, 0.5) is 0 Å². The molecule has 2 aromatic carbocycles. The third-order valence-corrected chi connectivity index (χ3v) is 5.12. The first-order valence-electron chi connectivity index (χ1n) is 8.66. The van der Waals surface area contributed by atoms with Crippen molar-refractivity contribution in [2.75, 3.05) is 0 Å². The van der Waals surface area contributed by atoms with Crippen LogP contribution in [0.15, 0.2) is 58.8 Å². The lowest BCUT2D eigenvalue weighted by Gasteiger charge is -2.30. The van der Waals surface area contributed by atoms with E-state index in [9.17, 15) is 9.59 Å². The van der Waals surface area contributed by atoms with Gasteiger partial charge in [0.1, 0.15) is 0 Å². The number of rotatable bonds is 5. The van der Waals surface area contributed by atoms with Crippen LogP contribution in [0, 0.1) is 0 Å². The van der Waals surface area contributed by atoms with Crippen LogP contribution >= 0.6 is 35.4 Å². The van der Waals surface area contributed by atoms with Crippen molar-refractivity contribution >= 4 is 58.6 Å². The van der Waals surface area contributed by atoms with Gasteiger partial charge in [-0.15, -0.1) is 0 Å². The Morgan fingerprint density at radius 2 is 1.90 bits per heavy atom. The van der Waals surface area contributed by atoms with E-state index in [1.54, 1.807) is 37.3 Å². The van der Waals surface area contributed by atoms with Crippen LogP contribution in [0.25, 0.3) is 0 Å². The molecule has 1 heterocycles. The van der Waals surface area contributed by atoms with Crippen molar-refractivity contribution in [3.8, 4) is 0 Å². The van der Waals surface area contributed by atoms with E-state index in [1.165, 1.54) is 18.3 Å². The normalized spacial score (nSPS) is 16.2.